The van der Waals surface area contributed by atoms with Gasteiger partial charge in [0.1, 0.15) is 5.78 Å². The summed E-state index contributed by atoms with van der Waals surface area (Å²) in [6.07, 6.45) is 5.15. The van der Waals surface area contributed by atoms with Crippen LogP contribution in [0.3, 0.4) is 0 Å². The average molecular weight is 228 g/mol. The van der Waals surface area contributed by atoms with Gasteiger partial charge in [0.2, 0.25) is 0 Å². The maximum atomic E-state index is 11.2. The zero-order valence-corrected chi connectivity index (χ0v) is 9.28. The molecule has 2 heterocycles. The molecule has 4 nitrogen and oxygen atoms in total. The first-order valence-corrected chi connectivity index (χ1v) is 5.54. The molecule has 0 aromatic carbocycles. The number of likely N-dealkylation sites (tertiary alicyclic amines) is 1. The minimum Gasteiger partial charge on any atom is -0.298 e. The Hall–Kier alpha value is -0.870. The van der Waals surface area contributed by atoms with Crippen molar-refractivity contribution in [3.8, 4) is 0 Å². The fourth-order valence-electron chi connectivity index (χ4n) is 1.80. The molecule has 0 saturated carbocycles. The molecule has 0 N–H and O–H groups in total. The smallest absolute Gasteiger partial charge is 0.146 e. The zero-order chi connectivity index (χ0) is 10.7. The van der Waals surface area contributed by atoms with E-state index in [4.69, 9.17) is 11.6 Å². The van der Waals surface area contributed by atoms with E-state index in [1.807, 2.05) is 0 Å². The molecule has 0 unspecified atom stereocenters. The highest BCUT2D eigenvalue weighted by molar-refractivity contribution is 6.30. The van der Waals surface area contributed by atoms with Gasteiger partial charge in [-0.05, 0) is 13.0 Å². The SMILES string of the molecule is O=C1CCCN(CCn2cc(Cl)cn2)C1. The van der Waals surface area contributed by atoms with Crippen LogP contribution in [0.25, 0.3) is 0 Å². The van der Waals surface area contributed by atoms with Crippen LogP contribution in [0.4, 0.5) is 0 Å². The normalized spacial score (nSPS) is 18.3. The van der Waals surface area contributed by atoms with Crippen LogP contribution in [-0.2, 0) is 11.3 Å². The third-order valence-corrected chi connectivity index (χ3v) is 2.77. The monoisotopic (exact) mass is 227 g/mol. The van der Waals surface area contributed by atoms with Gasteiger partial charge in [-0.25, -0.2) is 0 Å². The quantitative estimate of drug-likeness (QED) is 0.779. The predicted molar refractivity (Wildman–Crippen MR) is 57.9 cm³/mol. The highest BCUT2D eigenvalue weighted by atomic mass is 35.5. The first kappa shape index (κ1) is 10.6. The van der Waals surface area contributed by atoms with E-state index in [0.717, 1.165) is 32.5 Å². The summed E-state index contributed by atoms with van der Waals surface area (Å²) in [4.78, 5) is 13.4. The van der Waals surface area contributed by atoms with Crippen LogP contribution < -0.4 is 0 Å². The van der Waals surface area contributed by atoms with Gasteiger partial charge in [0, 0.05) is 19.2 Å². The van der Waals surface area contributed by atoms with Crippen molar-refractivity contribution in [1.82, 2.24) is 14.7 Å². The molecule has 0 radical (unpaired) electrons. The van der Waals surface area contributed by atoms with Crippen LogP contribution >= 0.6 is 11.6 Å². The summed E-state index contributed by atoms with van der Waals surface area (Å²) >= 11 is 5.75. The summed E-state index contributed by atoms with van der Waals surface area (Å²) in [7, 11) is 0. The molecule has 1 fully saturated rings. The van der Waals surface area contributed by atoms with E-state index in [0.29, 0.717) is 17.4 Å². The van der Waals surface area contributed by atoms with Crippen LogP contribution in [0.15, 0.2) is 12.4 Å². The fraction of sp³-hybridized carbons (Fsp3) is 0.600. The Labute approximate surface area is 93.8 Å². The van der Waals surface area contributed by atoms with Gasteiger partial charge in [-0.1, -0.05) is 11.6 Å². The molecule has 1 aromatic heterocycles. The van der Waals surface area contributed by atoms with Gasteiger partial charge in [-0.3, -0.25) is 14.4 Å². The maximum absolute atomic E-state index is 11.2. The number of rotatable bonds is 3. The summed E-state index contributed by atoms with van der Waals surface area (Å²) in [5, 5.41) is 4.75. The fourth-order valence-corrected chi connectivity index (χ4v) is 1.96. The van der Waals surface area contributed by atoms with Crippen molar-refractivity contribution in [2.75, 3.05) is 19.6 Å². The lowest BCUT2D eigenvalue weighted by molar-refractivity contribution is -0.122. The van der Waals surface area contributed by atoms with Gasteiger partial charge in [0.15, 0.2) is 0 Å². The maximum Gasteiger partial charge on any atom is 0.146 e. The predicted octanol–water partition coefficient (Wildman–Crippen LogP) is 1.20. The second kappa shape index (κ2) is 4.77. The van der Waals surface area contributed by atoms with Gasteiger partial charge >= 0.3 is 0 Å². The van der Waals surface area contributed by atoms with Crippen molar-refractivity contribution in [1.29, 1.82) is 0 Å². The number of hydrogen-bond donors (Lipinski definition) is 0. The van der Waals surface area contributed by atoms with E-state index in [-0.39, 0.29) is 0 Å². The van der Waals surface area contributed by atoms with Crippen molar-refractivity contribution in [3.63, 3.8) is 0 Å². The molecule has 5 heteroatoms. The number of halogens is 1. The molecule has 15 heavy (non-hydrogen) atoms. The van der Waals surface area contributed by atoms with Crippen LogP contribution in [0.1, 0.15) is 12.8 Å². The molecular formula is C10H14ClN3O. The van der Waals surface area contributed by atoms with Gasteiger partial charge in [-0.15, -0.1) is 0 Å². The van der Waals surface area contributed by atoms with E-state index < -0.39 is 0 Å². The van der Waals surface area contributed by atoms with E-state index in [1.54, 1.807) is 17.1 Å². The molecule has 0 bridgehead atoms. The van der Waals surface area contributed by atoms with E-state index in [1.165, 1.54) is 0 Å². The molecule has 1 saturated heterocycles. The molecule has 0 atom stereocenters. The van der Waals surface area contributed by atoms with Gasteiger partial charge < -0.3 is 0 Å². The van der Waals surface area contributed by atoms with E-state index in [9.17, 15) is 4.79 Å². The Balaban J connectivity index is 1.80. The van der Waals surface area contributed by atoms with Crippen LogP contribution in [0.2, 0.25) is 5.02 Å². The highest BCUT2D eigenvalue weighted by Gasteiger charge is 2.16. The molecule has 0 aliphatic carbocycles. The molecular weight excluding hydrogens is 214 g/mol. The summed E-state index contributed by atoms with van der Waals surface area (Å²) in [5.41, 5.74) is 0. The Kier molecular flexibility index (Phi) is 3.38. The number of carbonyl (C=O) groups is 1. The summed E-state index contributed by atoms with van der Waals surface area (Å²) in [5.74, 6) is 0.347. The van der Waals surface area contributed by atoms with Crippen molar-refractivity contribution in [2.45, 2.75) is 19.4 Å². The number of nitrogens with zero attached hydrogens (tertiary/aromatic N) is 3. The van der Waals surface area contributed by atoms with E-state index >= 15 is 0 Å². The van der Waals surface area contributed by atoms with Crippen molar-refractivity contribution >= 4 is 17.4 Å². The topological polar surface area (TPSA) is 38.1 Å². The van der Waals surface area contributed by atoms with Crippen LogP contribution in [0.5, 0.6) is 0 Å². The van der Waals surface area contributed by atoms with Gasteiger partial charge in [-0.2, -0.15) is 5.10 Å². The second-order valence-electron chi connectivity index (χ2n) is 3.84. The largest absolute Gasteiger partial charge is 0.298 e. The van der Waals surface area contributed by atoms with Crippen molar-refractivity contribution in [2.24, 2.45) is 0 Å². The van der Waals surface area contributed by atoms with Gasteiger partial charge in [0.25, 0.3) is 0 Å². The molecule has 2 rings (SSSR count). The minimum absolute atomic E-state index is 0.347. The van der Waals surface area contributed by atoms with Crippen molar-refractivity contribution < 1.29 is 4.79 Å². The lowest BCUT2D eigenvalue weighted by Gasteiger charge is -2.25. The zero-order valence-electron chi connectivity index (χ0n) is 8.53. The molecule has 0 spiro atoms. The number of carbonyl (C=O) groups excluding carboxylic acids is 1. The minimum atomic E-state index is 0.347. The number of Topliss-reactive ketones (excluding diaryl/α,β-unsaturated/α-hetero) is 1. The summed E-state index contributed by atoms with van der Waals surface area (Å²) in [6.45, 7) is 3.26. The average Bonchev–Trinajstić information content (AvgIpc) is 2.62. The van der Waals surface area contributed by atoms with Crippen molar-refractivity contribution in [3.05, 3.63) is 17.4 Å². The standard InChI is InChI=1S/C10H14ClN3O/c11-9-6-12-14(7-9)5-4-13-3-1-2-10(15)8-13/h6-7H,1-5,8H2. The molecule has 0 amide bonds. The number of ketones is 1. The lowest BCUT2D eigenvalue weighted by atomic mass is 10.1. The lowest BCUT2D eigenvalue weighted by Crippen LogP contribution is -2.37. The third-order valence-electron chi connectivity index (χ3n) is 2.58. The summed E-state index contributed by atoms with van der Waals surface area (Å²) < 4.78 is 1.81. The Morgan fingerprint density at radius 1 is 1.47 bits per heavy atom. The first-order valence-electron chi connectivity index (χ1n) is 5.16. The Bertz CT molecular complexity index is 350. The van der Waals surface area contributed by atoms with Crippen LogP contribution in [0, 0.1) is 0 Å². The van der Waals surface area contributed by atoms with E-state index in [2.05, 4.69) is 10.00 Å². The molecule has 1 aliphatic heterocycles. The number of aromatic nitrogens is 2. The Morgan fingerprint density at radius 3 is 3.00 bits per heavy atom. The highest BCUT2D eigenvalue weighted by Crippen LogP contribution is 2.07. The molecule has 1 aliphatic rings. The molecule has 82 valence electrons. The number of hydrogen-bond acceptors (Lipinski definition) is 3. The first-order chi connectivity index (χ1) is 7.24. The second-order valence-corrected chi connectivity index (χ2v) is 4.28. The van der Waals surface area contributed by atoms with Gasteiger partial charge in [0.05, 0.1) is 24.3 Å². The number of piperidine rings is 1. The molecule has 1 aromatic rings. The van der Waals surface area contributed by atoms with Crippen LogP contribution in [-0.4, -0.2) is 40.1 Å². The third kappa shape index (κ3) is 3.04. The Morgan fingerprint density at radius 2 is 2.33 bits per heavy atom. The summed E-state index contributed by atoms with van der Waals surface area (Å²) in [6, 6.07) is 0.